The lowest BCUT2D eigenvalue weighted by molar-refractivity contribution is 0.414. The molecule has 0 aliphatic heterocycles. The second kappa shape index (κ2) is 8.16. The van der Waals surface area contributed by atoms with Crippen molar-refractivity contribution in [3.05, 3.63) is 90.0 Å². The van der Waals surface area contributed by atoms with Crippen molar-refractivity contribution in [1.29, 1.82) is 0 Å². The molecule has 0 N–H and O–H groups in total. The predicted octanol–water partition coefficient (Wildman–Crippen LogP) is 5.27. The average molecular weight is 428 g/mol. The number of ether oxygens (including phenoxy) is 1. The summed E-state index contributed by atoms with van der Waals surface area (Å²) in [7, 11) is 1.65. The second-order valence-corrected chi connectivity index (χ2v) is 7.43. The predicted molar refractivity (Wildman–Crippen MR) is 121 cm³/mol. The van der Waals surface area contributed by atoms with Gasteiger partial charge in [-0.25, -0.2) is 9.97 Å². The van der Waals surface area contributed by atoms with Crippen molar-refractivity contribution in [2.75, 3.05) is 7.11 Å². The fraction of sp³-hybridized carbons (Fsp3) is 0.0833. The first-order chi connectivity index (χ1) is 15.2. The maximum atomic E-state index is 6.47. The van der Waals surface area contributed by atoms with E-state index in [1.807, 2.05) is 77.7 Å². The van der Waals surface area contributed by atoms with Gasteiger partial charge in [0.1, 0.15) is 16.8 Å². The molecule has 0 spiro atoms. The minimum atomic E-state index is 0.334. The highest BCUT2D eigenvalue weighted by Crippen LogP contribution is 2.27. The summed E-state index contributed by atoms with van der Waals surface area (Å²) < 4.78 is 7.04. The molecule has 5 rings (SSSR count). The molecular formula is C24H18ClN5O. The molecule has 5 aromatic rings. The molecule has 0 aliphatic rings. The Hall–Kier alpha value is -3.77. The summed E-state index contributed by atoms with van der Waals surface area (Å²) in [5.74, 6) is 1.38. The maximum Gasteiger partial charge on any atom is 0.161 e. The van der Waals surface area contributed by atoms with Crippen LogP contribution in [0.3, 0.4) is 0 Å². The van der Waals surface area contributed by atoms with Crippen LogP contribution < -0.4 is 4.74 Å². The summed E-state index contributed by atoms with van der Waals surface area (Å²) in [5, 5.41) is 4.90. The molecular weight excluding hydrogens is 410 g/mol. The van der Waals surface area contributed by atoms with Crippen molar-refractivity contribution in [1.82, 2.24) is 24.7 Å². The average Bonchev–Trinajstić information content (AvgIpc) is 3.23. The van der Waals surface area contributed by atoms with Crippen LogP contribution in [0, 0.1) is 0 Å². The zero-order valence-electron chi connectivity index (χ0n) is 16.7. The highest BCUT2D eigenvalue weighted by atomic mass is 35.5. The lowest BCUT2D eigenvalue weighted by Crippen LogP contribution is -1.99. The van der Waals surface area contributed by atoms with Crippen molar-refractivity contribution < 1.29 is 4.74 Å². The van der Waals surface area contributed by atoms with Crippen molar-refractivity contribution in [2.24, 2.45) is 0 Å². The molecule has 0 amide bonds. The molecule has 0 radical (unpaired) electrons. The molecule has 2 aromatic carbocycles. The van der Waals surface area contributed by atoms with Crippen LogP contribution in [0.25, 0.3) is 33.5 Å². The Balaban J connectivity index is 1.48. The van der Waals surface area contributed by atoms with E-state index in [0.29, 0.717) is 28.6 Å². The van der Waals surface area contributed by atoms with E-state index in [4.69, 9.17) is 21.3 Å². The van der Waals surface area contributed by atoms with Gasteiger partial charge in [-0.15, -0.1) is 0 Å². The Morgan fingerprint density at radius 2 is 1.74 bits per heavy atom. The van der Waals surface area contributed by atoms with Gasteiger partial charge in [-0.05, 0) is 35.4 Å². The normalized spacial score (nSPS) is 11.0. The molecule has 0 saturated carbocycles. The lowest BCUT2D eigenvalue weighted by atomic mass is 10.0. The summed E-state index contributed by atoms with van der Waals surface area (Å²) in [6.07, 6.45) is 5.48. The number of hydrogen-bond acceptors (Lipinski definition) is 5. The fourth-order valence-corrected chi connectivity index (χ4v) is 3.64. The quantitative estimate of drug-likeness (QED) is 0.358. The third kappa shape index (κ3) is 3.98. The number of pyridine rings is 1. The highest BCUT2D eigenvalue weighted by Gasteiger charge is 2.13. The third-order valence-electron chi connectivity index (χ3n) is 4.99. The van der Waals surface area contributed by atoms with Gasteiger partial charge in [0.2, 0.25) is 0 Å². The summed E-state index contributed by atoms with van der Waals surface area (Å²) in [6, 6.07) is 19.8. The second-order valence-electron chi connectivity index (χ2n) is 7.07. The van der Waals surface area contributed by atoms with E-state index in [2.05, 4.69) is 15.1 Å². The Morgan fingerprint density at radius 1 is 0.935 bits per heavy atom. The van der Waals surface area contributed by atoms with E-state index >= 15 is 0 Å². The number of rotatable bonds is 5. The molecule has 0 saturated heterocycles. The molecule has 0 unspecified atom stereocenters. The van der Waals surface area contributed by atoms with Crippen molar-refractivity contribution in [2.45, 2.75) is 6.54 Å². The largest absolute Gasteiger partial charge is 0.497 e. The summed E-state index contributed by atoms with van der Waals surface area (Å²) in [6.45, 7) is 0.600. The molecule has 0 atom stereocenters. The van der Waals surface area contributed by atoms with Gasteiger partial charge in [0, 0.05) is 23.5 Å². The van der Waals surface area contributed by atoms with E-state index in [1.165, 1.54) is 0 Å². The van der Waals surface area contributed by atoms with Gasteiger partial charge in [0.05, 0.1) is 19.9 Å². The Morgan fingerprint density at radius 3 is 2.52 bits per heavy atom. The Bertz CT molecular complexity index is 1350. The van der Waals surface area contributed by atoms with E-state index in [1.54, 1.807) is 13.3 Å². The summed E-state index contributed by atoms with van der Waals surface area (Å²) in [5.41, 5.74) is 5.34. The third-order valence-corrected chi connectivity index (χ3v) is 5.25. The van der Waals surface area contributed by atoms with Gasteiger partial charge in [-0.2, -0.15) is 5.10 Å². The van der Waals surface area contributed by atoms with Gasteiger partial charge >= 0.3 is 0 Å². The number of methoxy groups -OCH3 is 1. The van der Waals surface area contributed by atoms with E-state index in [0.717, 1.165) is 28.0 Å². The van der Waals surface area contributed by atoms with Gasteiger partial charge in [0.25, 0.3) is 0 Å². The van der Waals surface area contributed by atoms with E-state index in [-0.39, 0.29) is 0 Å². The van der Waals surface area contributed by atoms with Crippen molar-refractivity contribution >= 4 is 22.6 Å². The molecule has 3 heterocycles. The number of halogens is 1. The summed E-state index contributed by atoms with van der Waals surface area (Å²) >= 11 is 6.47. The first-order valence-electron chi connectivity index (χ1n) is 9.74. The lowest BCUT2D eigenvalue weighted by Gasteiger charge is -2.05. The molecule has 0 fully saturated rings. The van der Waals surface area contributed by atoms with E-state index in [9.17, 15) is 0 Å². The molecule has 152 valence electrons. The van der Waals surface area contributed by atoms with Crippen molar-refractivity contribution in [3.8, 4) is 28.3 Å². The Labute approximate surface area is 184 Å². The topological polar surface area (TPSA) is 65.7 Å². The van der Waals surface area contributed by atoms with Crippen LogP contribution in [-0.4, -0.2) is 31.8 Å². The molecule has 31 heavy (non-hydrogen) atoms. The Kier molecular flexibility index (Phi) is 5.06. The monoisotopic (exact) mass is 427 g/mol. The smallest absolute Gasteiger partial charge is 0.161 e. The fourth-order valence-electron chi connectivity index (χ4n) is 3.42. The number of fused-ring (bicyclic) bond motifs is 1. The van der Waals surface area contributed by atoms with Crippen LogP contribution in [0.4, 0.5) is 0 Å². The van der Waals surface area contributed by atoms with Gasteiger partial charge < -0.3 is 4.74 Å². The number of nitrogens with zero attached hydrogens (tertiary/aromatic N) is 5. The molecule has 0 bridgehead atoms. The zero-order chi connectivity index (χ0) is 21.2. The molecule has 6 nitrogen and oxygen atoms in total. The first-order valence-corrected chi connectivity index (χ1v) is 10.1. The standard InChI is InChI=1S/C24H18ClN5O/c1-31-20-9-7-16(8-10-20)14-30-15-21-22(29-30)23(25)28-24(27-21)18-5-2-4-17(12-18)19-6-3-11-26-13-19/h2-13,15H,14H2,1H3. The molecule has 3 aromatic heterocycles. The van der Waals surface area contributed by atoms with Crippen LogP contribution >= 0.6 is 11.6 Å². The van der Waals surface area contributed by atoms with Crippen LogP contribution in [0.5, 0.6) is 5.75 Å². The maximum absolute atomic E-state index is 6.47. The SMILES string of the molecule is COc1ccc(Cn2cc3nc(-c4cccc(-c5cccnc5)c4)nc(Cl)c3n2)cc1. The van der Waals surface area contributed by atoms with E-state index < -0.39 is 0 Å². The van der Waals surface area contributed by atoms with Gasteiger partial charge in [-0.1, -0.05) is 48.0 Å². The minimum absolute atomic E-state index is 0.334. The van der Waals surface area contributed by atoms with Gasteiger partial charge in [0.15, 0.2) is 11.0 Å². The molecule has 0 aliphatic carbocycles. The zero-order valence-corrected chi connectivity index (χ0v) is 17.5. The molecule has 7 heteroatoms. The number of aromatic nitrogens is 5. The van der Waals surface area contributed by atoms with Crippen LogP contribution in [0.15, 0.2) is 79.3 Å². The van der Waals surface area contributed by atoms with Crippen molar-refractivity contribution in [3.63, 3.8) is 0 Å². The van der Waals surface area contributed by atoms with Crippen LogP contribution in [0.2, 0.25) is 5.15 Å². The first kappa shape index (κ1) is 19.2. The van der Waals surface area contributed by atoms with Crippen LogP contribution in [0.1, 0.15) is 5.56 Å². The highest BCUT2D eigenvalue weighted by molar-refractivity contribution is 6.33. The summed E-state index contributed by atoms with van der Waals surface area (Å²) in [4.78, 5) is 13.4. The van der Waals surface area contributed by atoms with Crippen LogP contribution in [-0.2, 0) is 6.54 Å². The number of benzene rings is 2. The number of hydrogen-bond donors (Lipinski definition) is 0. The minimum Gasteiger partial charge on any atom is -0.497 e. The van der Waals surface area contributed by atoms with Gasteiger partial charge in [-0.3, -0.25) is 9.67 Å².